The van der Waals surface area contributed by atoms with Gasteiger partial charge in [-0.1, -0.05) is 35.8 Å². The summed E-state index contributed by atoms with van der Waals surface area (Å²) in [5.41, 5.74) is 0.822. The third-order valence-electron chi connectivity index (χ3n) is 0.800. The predicted molar refractivity (Wildman–Crippen MR) is 37.6 cm³/mol. The topological polar surface area (TPSA) is 0 Å². The van der Waals surface area contributed by atoms with Crippen molar-refractivity contribution in [1.29, 1.82) is 0 Å². The van der Waals surface area contributed by atoms with Crippen molar-refractivity contribution < 1.29 is 0 Å². The quantitative estimate of drug-likeness (QED) is 0.545. The van der Waals surface area contributed by atoms with E-state index in [0.717, 1.165) is 5.46 Å². The van der Waals surface area contributed by atoms with Gasteiger partial charge in [0.1, 0.15) is 7.85 Å². The van der Waals surface area contributed by atoms with Crippen molar-refractivity contribution in [2.24, 2.45) is 0 Å². The Morgan fingerprint density at radius 3 is 1.75 bits per heavy atom. The summed E-state index contributed by atoms with van der Waals surface area (Å²) in [5, 5.41) is 0. The van der Waals surface area contributed by atoms with Gasteiger partial charge in [0.15, 0.2) is 0 Å². The molecule has 0 atom stereocenters. The molecule has 0 N–H and O–H groups in total. The summed E-state index contributed by atoms with van der Waals surface area (Å²) in [7, 11) is 5.36. The minimum Gasteiger partial charge on any atom is -0.0967 e. The van der Waals surface area contributed by atoms with E-state index in [1.807, 2.05) is 30.3 Å². The van der Waals surface area contributed by atoms with E-state index in [-0.39, 0.29) is 68.9 Å². The van der Waals surface area contributed by atoms with Crippen molar-refractivity contribution in [3.63, 3.8) is 0 Å². The Morgan fingerprint density at radius 2 is 1.50 bits per heavy atom. The van der Waals surface area contributed by atoms with E-state index in [1.54, 1.807) is 0 Å². The Labute approximate surface area is 110 Å². The van der Waals surface area contributed by atoms with Crippen LogP contribution in [-0.4, -0.2) is 76.7 Å². The average Bonchev–Trinajstić information content (AvgIpc) is 1.69. The van der Waals surface area contributed by atoms with E-state index < -0.39 is 0 Å². The van der Waals surface area contributed by atoms with E-state index in [1.165, 1.54) is 0 Å². The Hall–Kier alpha value is 1.34. The molecule has 1 aromatic carbocycles. The Balaban J connectivity index is 0.000000490. The molecule has 3 radical (unpaired) electrons. The second kappa shape index (κ2) is 5.15. The van der Waals surface area contributed by atoms with Crippen LogP contribution < -0.4 is 5.46 Å². The van der Waals surface area contributed by atoms with Gasteiger partial charge in [0.25, 0.3) is 0 Å². The first-order valence-corrected chi connectivity index (χ1v) is 2.20. The maximum Gasteiger partial charge on any atom is 0.113 e. The van der Waals surface area contributed by atoms with Gasteiger partial charge in [-0.15, -0.1) is 0 Å². The Kier molecular flexibility index (Phi) is 6.01. The van der Waals surface area contributed by atoms with Crippen molar-refractivity contribution in [1.82, 2.24) is 0 Å². The molecule has 0 amide bonds. The molecule has 33 valence electrons. The van der Waals surface area contributed by atoms with E-state index in [9.17, 15) is 0 Å². The first-order chi connectivity index (χ1) is 3.39. The summed E-state index contributed by atoms with van der Waals surface area (Å²) in [6.07, 6.45) is 0. The summed E-state index contributed by atoms with van der Waals surface area (Å²) in [5.74, 6) is 0. The monoisotopic (exact) mass is 221 g/mol. The molecule has 0 aliphatic heterocycles. The van der Waals surface area contributed by atoms with Crippen LogP contribution in [-0.2, 0) is 0 Å². The molecule has 0 unspecified atom stereocenters. The second-order valence-electron chi connectivity index (χ2n) is 1.41. The van der Waals surface area contributed by atoms with Gasteiger partial charge in [-0.2, -0.15) is 0 Å². The maximum atomic E-state index is 5.36. The molecular weight excluding hydrogens is 216 g/mol. The van der Waals surface area contributed by atoms with E-state index in [2.05, 4.69) is 0 Å². The summed E-state index contributed by atoms with van der Waals surface area (Å²) in [4.78, 5) is 0. The van der Waals surface area contributed by atoms with Gasteiger partial charge in [-0.05, 0) is 0 Å². The summed E-state index contributed by atoms with van der Waals surface area (Å²) in [6, 6.07) is 9.49. The molecule has 0 nitrogen and oxygen atoms in total. The molecule has 0 bridgehead atoms. The third-order valence-corrected chi connectivity index (χ3v) is 0.800. The normalized spacial score (nSPS) is 7.50. The van der Waals surface area contributed by atoms with Crippen LogP contribution in [0.2, 0.25) is 0 Å². The molecule has 1 rings (SSSR count). The van der Waals surface area contributed by atoms with Gasteiger partial charge < -0.3 is 0 Å². The minimum atomic E-state index is 0. The first kappa shape index (κ1) is 9.34. The van der Waals surface area contributed by atoms with Gasteiger partial charge in [0, 0.05) is 68.9 Å². The molecule has 0 heterocycles. The van der Waals surface area contributed by atoms with Crippen LogP contribution in [0.25, 0.3) is 0 Å². The fraction of sp³-hybridized carbons (Fsp3) is 0. The van der Waals surface area contributed by atoms with E-state index in [0.29, 0.717) is 0 Å². The third kappa shape index (κ3) is 3.38. The number of benzene rings is 1. The van der Waals surface area contributed by atoms with Gasteiger partial charge in [-0.25, -0.2) is 0 Å². The van der Waals surface area contributed by atoms with Gasteiger partial charge in [-0.3, -0.25) is 0 Å². The molecular formula is C6H5BCs. The van der Waals surface area contributed by atoms with Crippen molar-refractivity contribution in [3.8, 4) is 0 Å². The largest absolute Gasteiger partial charge is 0.113 e. The fourth-order valence-corrected chi connectivity index (χ4v) is 0.453. The summed E-state index contributed by atoms with van der Waals surface area (Å²) >= 11 is 0. The molecule has 0 fully saturated rings. The Morgan fingerprint density at radius 1 is 1.00 bits per heavy atom. The fourth-order valence-electron chi connectivity index (χ4n) is 0.453. The van der Waals surface area contributed by atoms with Crippen molar-refractivity contribution in [3.05, 3.63) is 30.3 Å². The predicted octanol–water partition coefficient (Wildman–Crippen LogP) is 0.0996. The van der Waals surface area contributed by atoms with Gasteiger partial charge in [0.05, 0.1) is 0 Å². The SMILES string of the molecule is [B]c1ccccc1.[Cs]. The van der Waals surface area contributed by atoms with Crippen molar-refractivity contribution in [2.45, 2.75) is 0 Å². The second-order valence-corrected chi connectivity index (χ2v) is 1.41. The van der Waals surface area contributed by atoms with Crippen LogP contribution in [0.1, 0.15) is 0 Å². The molecule has 0 saturated carbocycles. The molecule has 1 aromatic rings. The van der Waals surface area contributed by atoms with Crippen LogP contribution >= 0.6 is 0 Å². The molecule has 8 heavy (non-hydrogen) atoms. The standard InChI is InChI=1S/C6H5B.Cs/c7-6-4-2-1-3-5-6;/h1-5H;. The zero-order valence-electron chi connectivity index (χ0n) is 4.96. The molecule has 2 heteroatoms. The molecule has 0 saturated heterocycles. The molecule has 0 aliphatic carbocycles. The summed E-state index contributed by atoms with van der Waals surface area (Å²) in [6.45, 7) is 0. The zero-order valence-corrected chi connectivity index (χ0v) is 11.2. The minimum absolute atomic E-state index is 0. The van der Waals surface area contributed by atoms with Crippen LogP contribution in [0.15, 0.2) is 30.3 Å². The first-order valence-electron chi connectivity index (χ1n) is 2.20. The number of hydrogen-bond donors (Lipinski definition) is 0. The Bertz CT molecular complexity index is 138. The number of hydrogen-bond acceptors (Lipinski definition) is 0. The molecule has 0 aromatic heterocycles. The zero-order chi connectivity index (χ0) is 5.11. The van der Waals surface area contributed by atoms with Gasteiger partial charge in [0.2, 0.25) is 0 Å². The molecule has 0 aliphatic rings. The van der Waals surface area contributed by atoms with Crippen LogP contribution in [0, 0.1) is 0 Å². The van der Waals surface area contributed by atoms with Gasteiger partial charge >= 0.3 is 0 Å². The van der Waals surface area contributed by atoms with Crippen molar-refractivity contribution in [2.75, 3.05) is 0 Å². The van der Waals surface area contributed by atoms with Crippen LogP contribution in [0.5, 0.6) is 0 Å². The van der Waals surface area contributed by atoms with Crippen LogP contribution in [0.3, 0.4) is 0 Å². The average molecular weight is 221 g/mol. The van der Waals surface area contributed by atoms with E-state index in [4.69, 9.17) is 7.85 Å². The smallest absolute Gasteiger partial charge is 0.0967 e. The van der Waals surface area contributed by atoms with Crippen molar-refractivity contribution >= 4 is 82.2 Å². The van der Waals surface area contributed by atoms with Crippen LogP contribution in [0.4, 0.5) is 0 Å². The van der Waals surface area contributed by atoms with E-state index >= 15 is 0 Å². The summed E-state index contributed by atoms with van der Waals surface area (Å²) < 4.78 is 0. The molecule has 0 spiro atoms. The maximum absolute atomic E-state index is 5.36. The number of rotatable bonds is 0.